The number of para-hydroxylation sites is 1. The van der Waals surface area contributed by atoms with Crippen LogP contribution in [0.3, 0.4) is 0 Å². The Balaban J connectivity index is 0.00000300. The van der Waals surface area contributed by atoms with E-state index in [0.29, 0.717) is 29.6 Å². The van der Waals surface area contributed by atoms with Gasteiger partial charge in [0.1, 0.15) is 11.3 Å². The third kappa shape index (κ3) is 5.82. The maximum Gasteiger partial charge on any atom is 0.410 e. The third-order valence-electron chi connectivity index (χ3n) is 4.46. The number of pyridine rings is 1. The van der Waals surface area contributed by atoms with Gasteiger partial charge in [-0.15, -0.1) is 12.4 Å². The first-order chi connectivity index (χ1) is 13.6. The quantitative estimate of drug-likeness (QED) is 0.513. The van der Waals surface area contributed by atoms with E-state index < -0.39 is 6.09 Å². The number of fused-ring (bicyclic) bond motifs is 1. The van der Waals surface area contributed by atoms with Crippen LogP contribution in [0.1, 0.15) is 20.3 Å². The van der Waals surface area contributed by atoms with Crippen molar-refractivity contribution in [2.24, 2.45) is 5.73 Å². The Morgan fingerprint density at radius 2 is 2.00 bits per heavy atom. The van der Waals surface area contributed by atoms with Gasteiger partial charge < -0.3 is 25.1 Å². The van der Waals surface area contributed by atoms with E-state index in [0.717, 1.165) is 37.1 Å². The van der Waals surface area contributed by atoms with Crippen molar-refractivity contribution >= 4 is 29.5 Å². The van der Waals surface area contributed by atoms with Crippen molar-refractivity contribution in [3.63, 3.8) is 0 Å². The fourth-order valence-corrected chi connectivity index (χ4v) is 2.94. The molecule has 8 nitrogen and oxygen atoms in total. The summed E-state index contributed by atoms with van der Waals surface area (Å²) >= 11 is 0. The molecule has 0 spiro atoms. The first-order valence-corrected chi connectivity index (χ1v) is 9.38. The van der Waals surface area contributed by atoms with Crippen molar-refractivity contribution in [2.75, 3.05) is 26.2 Å². The lowest BCUT2D eigenvalue weighted by atomic mass is 10.3. The number of aromatic amines is 1. The monoisotopic (exact) mass is 419 g/mol. The van der Waals surface area contributed by atoms with E-state index in [2.05, 4.69) is 33.7 Å². The number of benzene rings is 1. The van der Waals surface area contributed by atoms with Crippen molar-refractivity contribution in [1.82, 2.24) is 19.9 Å². The molecule has 0 atom stereocenters. The number of nitrogens with two attached hydrogens (primary N) is 1. The van der Waals surface area contributed by atoms with Gasteiger partial charge in [-0.05, 0) is 37.7 Å². The zero-order valence-electron chi connectivity index (χ0n) is 16.6. The number of nitrogens with zero attached hydrogens (tertiary/aromatic N) is 3. The van der Waals surface area contributed by atoms with Crippen molar-refractivity contribution in [2.45, 2.75) is 20.3 Å². The molecule has 1 aromatic carbocycles. The van der Waals surface area contributed by atoms with Crippen LogP contribution in [0.4, 0.5) is 4.79 Å². The Labute approximate surface area is 175 Å². The van der Waals surface area contributed by atoms with Gasteiger partial charge >= 0.3 is 6.09 Å². The summed E-state index contributed by atoms with van der Waals surface area (Å²) in [6.07, 6.45) is 1.78. The maximum atomic E-state index is 11.0. The topological polar surface area (TPSA) is 106 Å². The highest BCUT2D eigenvalue weighted by Crippen LogP contribution is 2.27. The molecule has 3 aromatic rings. The fraction of sp³-hybridized carbons (Fsp3) is 0.350. The largest absolute Gasteiger partial charge is 0.478 e. The predicted octanol–water partition coefficient (Wildman–Crippen LogP) is 3.61. The number of amides is 1. The molecule has 3 N–H and O–H groups in total. The molecular formula is C20H26ClN5O3. The Morgan fingerprint density at radius 3 is 2.66 bits per heavy atom. The fourth-order valence-electron chi connectivity index (χ4n) is 2.94. The highest BCUT2D eigenvalue weighted by atomic mass is 35.5. The second-order valence-electron chi connectivity index (χ2n) is 6.27. The second-order valence-corrected chi connectivity index (χ2v) is 6.27. The molecule has 0 aliphatic rings. The summed E-state index contributed by atoms with van der Waals surface area (Å²) in [5, 5.41) is 0. The summed E-state index contributed by atoms with van der Waals surface area (Å²) in [7, 11) is 0. The van der Waals surface area contributed by atoms with Crippen LogP contribution in [0.2, 0.25) is 0 Å². The number of ether oxygens (including phenoxy) is 2. The van der Waals surface area contributed by atoms with Gasteiger partial charge in [-0.25, -0.2) is 14.8 Å². The molecule has 0 bridgehead atoms. The van der Waals surface area contributed by atoms with Crippen LogP contribution >= 0.6 is 12.4 Å². The number of carbonyl (C=O) groups excluding carboxylic acids is 1. The minimum Gasteiger partial charge on any atom is -0.478 e. The van der Waals surface area contributed by atoms with Gasteiger partial charge in [-0.3, -0.25) is 0 Å². The second kappa shape index (κ2) is 10.6. The number of nitrogens with one attached hydrogen (secondary N) is 1. The lowest BCUT2D eigenvalue weighted by Gasteiger charge is -2.17. The molecular weight excluding hydrogens is 394 g/mol. The Morgan fingerprint density at radius 1 is 1.21 bits per heavy atom. The molecule has 2 aromatic heterocycles. The summed E-state index contributed by atoms with van der Waals surface area (Å²) in [5.41, 5.74) is 7.19. The van der Waals surface area contributed by atoms with E-state index in [4.69, 9.17) is 15.2 Å². The number of hydrogen-bond acceptors (Lipinski definition) is 6. The molecule has 29 heavy (non-hydrogen) atoms. The number of rotatable bonds is 9. The van der Waals surface area contributed by atoms with Crippen LogP contribution in [0.15, 0.2) is 36.5 Å². The Bertz CT molecular complexity index is 926. The summed E-state index contributed by atoms with van der Waals surface area (Å²) < 4.78 is 10.7. The minimum atomic E-state index is -0.874. The van der Waals surface area contributed by atoms with E-state index in [1.54, 1.807) is 18.3 Å². The summed E-state index contributed by atoms with van der Waals surface area (Å²) in [6.45, 7) is 8.05. The average molecular weight is 420 g/mol. The zero-order chi connectivity index (χ0) is 19.9. The number of halogens is 1. The molecule has 1 amide bonds. The van der Waals surface area contributed by atoms with E-state index >= 15 is 0 Å². The zero-order valence-corrected chi connectivity index (χ0v) is 17.4. The third-order valence-corrected chi connectivity index (χ3v) is 4.46. The minimum absolute atomic E-state index is 0. The number of H-pyrrole nitrogens is 1. The van der Waals surface area contributed by atoms with Crippen LogP contribution in [-0.2, 0) is 0 Å². The molecule has 0 fully saturated rings. The first kappa shape index (κ1) is 22.4. The standard InChI is InChI=1S/C20H25N5O3.ClH/c1-3-25(4-2)11-6-12-27-17-10-9-14(13-22-17)19-23-15-7-5-8-16(18(15)24-19)28-20(21)26;/h5,7-10,13H,3-4,6,11-12H2,1-2H3,(H2,21,26)(H,23,24);1H. The van der Waals surface area contributed by atoms with Gasteiger partial charge in [-0.1, -0.05) is 19.9 Å². The van der Waals surface area contributed by atoms with Crippen LogP contribution in [0, 0.1) is 0 Å². The number of primary amides is 1. The normalized spacial score (nSPS) is 10.7. The summed E-state index contributed by atoms with van der Waals surface area (Å²) in [4.78, 5) is 25.5. The van der Waals surface area contributed by atoms with E-state index in [-0.39, 0.29) is 12.4 Å². The van der Waals surface area contributed by atoms with Crippen molar-refractivity contribution in [1.29, 1.82) is 0 Å². The number of imidazole rings is 1. The lowest BCUT2D eigenvalue weighted by molar-refractivity contribution is 0.211. The Hall–Kier alpha value is -2.84. The average Bonchev–Trinajstić information content (AvgIpc) is 3.14. The van der Waals surface area contributed by atoms with Crippen molar-refractivity contribution in [3.05, 3.63) is 36.5 Å². The molecule has 156 valence electrons. The highest BCUT2D eigenvalue weighted by Gasteiger charge is 2.12. The summed E-state index contributed by atoms with van der Waals surface area (Å²) in [5.74, 6) is 1.52. The number of carbonyl (C=O) groups is 1. The predicted molar refractivity (Wildman–Crippen MR) is 115 cm³/mol. The highest BCUT2D eigenvalue weighted by molar-refractivity contribution is 5.87. The molecule has 0 saturated heterocycles. The maximum absolute atomic E-state index is 11.0. The molecule has 0 unspecified atom stereocenters. The molecule has 9 heteroatoms. The van der Waals surface area contributed by atoms with Crippen molar-refractivity contribution in [3.8, 4) is 23.0 Å². The first-order valence-electron chi connectivity index (χ1n) is 9.38. The molecule has 2 heterocycles. The van der Waals surface area contributed by atoms with Gasteiger partial charge in [0.15, 0.2) is 5.75 Å². The smallest absolute Gasteiger partial charge is 0.410 e. The van der Waals surface area contributed by atoms with Crippen LogP contribution in [-0.4, -0.2) is 52.2 Å². The van der Waals surface area contributed by atoms with E-state index in [9.17, 15) is 4.79 Å². The van der Waals surface area contributed by atoms with Crippen LogP contribution < -0.4 is 15.2 Å². The SMILES string of the molecule is CCN(CC)CCCOc1ccc(-c2nc3c(OC(N)=O)cccc3[nH]2)cn1.Cl. The van der Waals surface area contributed by atoms with Gasteiger partial charge in [0, 0.05) is 24.4 Å². The number of aromatic nitrogens is 3. The Kier molecular flexibility index (Phi) is 8.23. The molecule has 0 aliphatic heterocycles. The van der Waals surface area contributed by atoms with Crippen molar-refractivity contribution < 1.29 is 14.3 Å². The molecule has 0 aliphatic carbocycles. The summed E-state index contributed by atoms with van der Waals surface area (Å²) in [6, 6.07) is 8.96. The molecule has 3 rings (SSSR count). The van der Waals surface area contributed by atoms with Crippen LogP contribution in [0.5, 0.6) is 11.6 Å². The lowest BCUT2D eigenvalue weighted by Crippen LogP contribution is -2.25. The van der Waals surface area contributed by atoms with E-state index in [1.165, 1.54) is 0 Å². The molecule has 0 radical (unpaired) electrons. The van der Waals surface area contributed by atoms with Gasteiger partial charge in [0.2, 0.25) is 5.88 Å². The molecule has 0 saturated carbocycles. The van der Waals surface area contributed by atoms with Gasteiger partial charge in [0.05, 0.1) is 12.1 Å². The van der Waals surface area contributed by atoms with E-state index in [1.807, 2.05) is 18.2 Å². The van der Waals surface area contributed by atoms with Gasteiger partial charge in [0.25, 0.3) is 0 Å². The van der Waals surface area contributed by atoms with Gasteiger partial charge in [-0.2, -0.15) is 0 Å². The number of hydrogen-bond donors (Lipinski definition) is 2. The van der Waals surface area contributed by atoms with Crippen LogP contribution in [0.25, 0.3) is 22.4 Å².